The van der Waals surface area contributed by atoms with Gasteiger partial charge in [0, 0.05) is 7.05 Å². The Bertz CT molecular complexity index is 250. The third-order valence-electron chi connectivity index (χ3n) is 1.63. The molecule has 0 heterocycles. The van der Waals surface area contributed by atoms with Crippen molar-refractivity contribution in [1.29, 1.82) is 0 Å². The van der Waals surface area contributed by atoms with Crippen molar-refractivity contribution in [2.24, 2.45) is 0 Å². The molecule has 86 valence electrons. The van der Waals surface area contributed by atoms with Gasteiger partial charge in [-0.2, -0.15) is 0 Å². The van der Waals surface area contributed by atoms with Gasteiger partial charge in [0.15, 0.2) is 0 Å². The van der Waals surface area contributed by atoms with Gasteiger partial charge >= 0.3 is 6.09 Å². The molecule has 0 rings (SSSR count). The molecule has 0 aromatic heterocycles. The summed E-state index contributed by atoms with van der Waals surface area (Å²) >= 11 is 0. The first-order valence-electron chi connectivity index (χ1n) is 4.79. The molecule has 1 amide bonds. The molecule has 0 saturated heterocycles. The van der Waals surface area contributed by atoms with Gasteiger partial charge in [-0.25, -0.2) is 4.79 Å². The topological polar surface area (TPSA) is 38.8 Å². The maximum Gasteiger partial charge on any atom is 0.412 e. The predicted octanol–water partition coefficient (Wildman–Crippen LogP) is 1.85. The fraction of sp³-hybridized carbons (Fsp3) is 0.727. The minimum absolute atomic E-state index is 0.175. The summed E-state index contributed by atoms with van der Waals surface area (Å²) in [5.41, 5.74) is -0.503. The molecule has 1 unspecified atom stereocenters. The number of rotatable bonds is 3. The van der Waals surface area contributed by atoms with E-state index in [1.807, 2.05) is 20.8 Å². The van der Waals surface area contributed by atoms with Crippen molar-refractivity contribution >= 4 is 6.09 Å². The van der Waals surface area contributed by atoms with E-state index in [1.54, 1.807) is 14.0 Å². The summed E-state index contributed by atoms with van der Waals surface area (Å²) in [5, 5.41) is 0. The summed E-state index contributed by atoms with van der Waals surface area (Å²) in [6, 6.07) is 0. The molecule has 0 aliphatic carbocycles. The Labute approximate surface area is 91.5 Å². The smallest absolute Gasteiger partial charge is 0.412 e. The zero-order chi connectivity index (χ0) is 12.1. The first-order chi connectivity index (χ1) is 6.78. The number of ether oxygens (including phenoxy) is 2. The second-order valence-electron chi connectivity index (χ2n) is 4.21. The first kappa shape index (κ1) is 13.8. The van der Waals surface area contributed by atoms with Gasteiger partial charge in [0.2, 0.25) is 0 Å². The molecule has 0 saturated carbocycles. The number of carbonyl (C=O) groups is 1. The molecule has 4 nitrogen and oxygen atoms in total. The second-order valence-corrected chi connectivity index (χ2v) is 4.21. The van der Waals surface area contributed by atoms with Crippen LogP contribution in [0.3, 0.4) is 0 Å². The Balaban J connectivity index is 4.15. The van der Waals surface area contributed by atoms with Crippen LogP contribution in [0.2, 0.25) is 0 Å². The lowest BCUT2D eigenvalue weighted by molar-refractivity contribution is -0.0391. The molecule has 0 aromatic rings. The van der Waals surface area contributed by atoms with Crippen LogP contribution in [0.15, 0.2) is 0 Å². The quantitative estimate of drug-likeness (QED) is 0.530. The molecule has 0 radical (unpaired) electrons. The Morgan fingerprint density at radius 2 is 2.07 bits per heavy atom. The zero-order valence-corrected chi connectivity index (χ0v) is 10.0. The monoisotopic (exact) mass is 213 g/mol. The van der Waals surface area contributed by atoms with Crippen LogP contribution in [0.1, 0.15) is 27.7 Å². The van der Waals surface area contributed by atoms with Crippen LogP contribution in [0.25, 0.3) is 0 Å². The minimum atomic E-state index is -0.503. The van der Waals surface area contributed by atoms with E-state index < -0.39 is 17.9 Å². The van der Waals surface area contributed by atoms with E-state index in [2.05, 4.69) is 5.92 Å². The second kappa shape index (κ2) is 5.62. The lowest BCUT2D eigenvalue weighted by atomic mass is 10.2. The van der Waals surface area contributed by atoms with E-state index in [4.69, 9.17) is 15.9 Å². The van der Waals surface area contributed by atoms with Crippen molar-refractivity contribution in [3.8, 4) is 12.3 Å². The van der Waals surface area contributed by atoms with Crippen LogP contribution >= 0.6 is 0 Å². The highest BCUT2D eigenvalue weighted by molar-refractivity contribution is 5.67. The molecule has 4 heteroatoms. The summed E-state index contributed by atoms with van der Waals surface area (Å²) in [6.07, 6.45) is 4.23. The predicted molar refractivity (Wildman–Crippen MR) is 58.2 cm³/mol. The Morgan fingerprint density at radius 3 is 2.47 bits per heavy atom. The maximum atomic E-state index is 11.5. The summed E-state index contributed by atoms with van der Waals surface area (Å²) in [4.78, 5) is 12.9. The number of hydrogen-bond acceptors (Lipinski definition) is 3. The normalized spacial score (nSPS) is 12.8. The zero-order valence-electron chi connectivity index (χ0n) is 10.0. The van der Waals surface area contributed by atoms with Gasteiger partial charge in [-0.1, -0.05) is 5.92 Å². The highest BCUT2D eigenvalue weighted by atomic mass is 16.6. The molecule has 0 spiro atoms. The fourth-order valence-electron chi connectivity index (χ4n) is 0.763. The van der Waals surface area contributed by atoms with Gasteiger partial charge in [0.25, 0.3) is 0 Å². The molecule has 0 N–H and O–H groups in total. The molecule has 15 heavy (non-hydrogen) atoms. The minimum Gasteiger partial charge on any atom is -0.444 e. The Morgan fingerprint density at radius 1 is 1.53 bits per heavy atom. The van der Waals surface area contributed by atoms with Gasteiger partial charge in [-0.15, -0.1) is 6.42 Å². The van der Waals surface area contributed by atoms with E-state index in [1.165, 1.54) is 4.90 Å². The first-order valence-corrected chi connectivity index (χ1v) is 4.79. The summed E-state index contributed by atoms with van der Waals surface area (Å²) in [5.74, 6) is 2.34. The van der Waals surface area contributed by atoms with Crippen molar-refractivity contribution in [2.75, 3.05) is 13.7 Å². The third kappa shape index (κ3) is 5.97. The number of hydrogen-bond donors (Lipinski definition) is 0. The Kier molecular flexibility index (Phi) is 5.16. The van der Waals surface area contributed by atoms with Crippen molar-refractivity contribution in [1.82, 2.24) is 4.90 Å². The van der Waals surface area contributed by atoms with Gasteiger partial charge < -0.3 is 9.47 Å². The third-order valence-corrected chi connectivity index (χ3v) is 1.63. The molecule has 0 aliphatic heterocycles. The number of terminal acetylenes is 1. The number of carbonyl (C=O) groups excluding carboxylic acids is 1. The van der Waals surface area contributed by atoms with E-state index >= 15 is 0 Å². The summed E-state index contributed by atoms with van der Waals surface area (Å²) in [7, 11) is 1.61. The maximum absolute atomic E-state index is 11.5. The molecule has 0 aromatic carbocycles. The SMILES string of the molecule is C#CCOC(C)N(C)C(=O)OC(C)(C)C. The van der Waals surface area contributed by atoms with Crippen molar-refractivity contribution in [3.63, 3.8) is 0 Å². The van der Waals surface area contributed by atoms with Gasteiger partial charge in [0.05, 0.1) is 0 Å². The van der Waals surface area contributed by atoms with Crippen LogP contribution in [0.5, 0.6) is 0 Å². The van der Waals surface area contributed by atoms with Crippen LogP contribution < -0.4 is 0 Å². The molecular weight excluding hydrogens is 194 g/mol. The average Bonchev–Trinajstić information content (AvgIpc) is 2.10. The van der Waals surface area contributed by atoms with Gasteiger partial charge in [0.1, 0.15) is 18.4 Å². The summed E-state index contributed by atoms with van der Waals surface area (Å²) < 4.78 is 10.3. The lowest BCUT2D eigenvalue weighted by Gasteiger charge is -2.28. The van der Waals surface area contributed by atoms with Crippen LogP contribution in [-0.4, -0.2) is 36.5 Å². The average molecular weight is 213 g/mol. The fourth-order valence-corrected chi connectivity index (χ4v) is 0.763. The molecule has 0 aliphatic rings. The van der Waals surface area contributed by atoms with Gasteiger partial charge in [-0.05, 0) is 27.7 Å². The molecule has 0 fully saturated rings. The van der Waals surface area contributed by atoms with Crippen LogP contribution in [0, 0.1) is 12.3 Å². The van der Waals surface area contributed by atoms with E-state index in [-0.39, 0.29) is 6.61 Å². The van der Waals surface area contributed by atoms with Crippen molar-refractivity contribution < 1.29 is 14.3 Å². The van der Waals surface area contributed by atoms with Gasteiger partial charge in [-0.3, -0.25) is 4.90 Å². The van der Waals surface area contributed by atoms with Crippen LogP contribution in [-0.2, 0) is 9.47 Å². The standard InChI is InChI=1S/C11H19NO3/c1-7-8-14-9(2)12(6)10(13)15-11(3,4)5/h1,9H,8H2,2-6H3. The number of nitrogens with zero attached hydrogens (tertiary/aromatic N) is 1. The van der Waals surface area contributed by atoms with Crippen molar-refractivity contribution in [3.05, 3.63) is 0 Å². The highest BCUT2D eigenvalue weighted by Crippen LogP contribution is 2.10. The van der Waals surface area contributed by atoms with Crippen molar-refractivity contribution in [2.45, 2.75) is 39.5 Å². The molecule has 1 atom stereocenters. The molecular formula is C11H19NO3. The summed E-state index contributed by atoms with van der Waals surface area (Å²) in [6.45, 7) is 7.35. The van der Waals surface area contributed by atoms with E-state index in [9.17, 15) is 4.79 Å². The number of amides is 1. The molecule has 0 bridgehead atoms. The lowest BCUT2D eigenvalue weighted by Crippen LogP contribution is -2.40. The largest absolute Gasteiger partial charge is 0.444 e. The van der Waals surface area contributed by atoms with Crippen LogP contribution in [0.4, 0.5) is 4.79 Å². The highest BCUT2D eigenvalue weighted by Gasteiger charge is 2.22. The van der Waals surface area contributed by atoms with E-state index in [0.717, 1.165) is 0 Å². The van der Waals surface area contributed by atoms with E-state index in [0.29, 0.717) is 0 Å². The Hall–Kier alpha value is -1.21.